The van der Waals surface area contributed by atoms with Crippen LogP contribution in [0.2, 0.25) is 0 Å². The Kier molecular flexibility index (Phi) is 4.16. The van der Waals surface area contributed by atoms with Gasteiger partial charge in [0.05, 0.1) is 4.92 Å². The summed E-state index contributed by atoms with van der Waals surface area (Å²) in [7, 11) is 1.92. The first-order chi connectivity index (χ1) is 9.08. The van der Waals surface area contributed by atoms with Gasteiger partial charge in [-0.05, 0) is 32.0 Å². The molecule has 0 spiro atoms. The molecule has 0 radical (unpaired) electrons. The Balaban J connectivity index is 1.96. The largest absolute Gasteiger partial charge is 0.378 e. The van der Waals surface area contributed by atoms with Crippen molar-refractivity contribution in [1.29, 1.82) is 0 Å². The third kappa shape index (κ3) is 3.31. The van der Waals surface area contributed by atoms with E-state index >= 15 is 0 Å². The zero-order valence-corrected chi connectivity index (χ0v) is 11.1. The number of hydrogen-bond acceptors (Lipinski definition) is 6. The minimum absolute atomic E-state index is 0.0319. The van der Waals surface area contributed by atoms with Gasteiger partial charge in [0.15, 0.2) is 0 Å². The zero-order chi connectivity index (χ0) is 13.8. The number of hydrogen-bond donors (Lipinski definition) is 1. The second kappa shape index (κ2) is 5.83. The molecule has 0 aliphatic carbocycles. The summed E-state index contributed by atoms with van der Waals surface area (Å²) in [6, 6.07) is 3.04. The van der Waals surface area contributed by atoms with Crippen molar-refractivity contribution in [3.8, 4) is 0 Å². The molecule has 7 heteroatoms. The first-order valence-corrected chi connectivity index (χ1v) is 6.42. The molecule has 0 amide bonds. The number of aromatic nitrogens is 1. The Bertz CT molecular complexity index is 459. The molecule has 1 aromatic rings. The first-order valence-electron chi connectivity index (χ1n) is 6.42. The van der Waals surface area contributed by atoms with Crippen molar-refractivity contribution in [1.82, 2.24) is 9.88 Å². The Morgan fingerprint density at radius 1 is 1.47 bits per heavy atom. The predicted octanol–water partition coefficient (Wildman–Crippen LogP) is 1.10. The van der Waals surface area contributed by atoms with E-state index in [1.54, 1.807) is 6.07 Å². The summed E-state index contributed by atoms with van der Waals surface area (Å²) >= 11 is 0. The van der Waals surface area contributed by atoms with Crippen molar-refractivity contribution in [3.63, 3.8) is 0 Å². The number of anilines is 2. The van der Waals surface area contributed by atoms with Crippen LogP contribution in [0.15, 0.2) is 12.1 Å². The van der Waals surface area contributed by atoms with E-state index in [9.17, 15) is 10.1 Å². The highest BCUT2D eigenvalue weighted by Crippen LogP contribution is 2.22. The van der Waals surface area contributed by atoms with E-state index in [0.717, 1.165) is 26.2 Å². The molecule has 0 unspecified atom stereocenters. The molecular weight excluding hydrogens is 246 g/mol. The maximum atomic E-state index is 10.7. The molecule has 7 nitrogen and oxygen atoms in total. The lowest BCUT2D eigenvalue weighted by atomic mass is 10.3. The van der Waals surface area contributed by atoms with E-state index in [1.165, 1.54) is 18.9 Å². The van der Waals surface area contributed by atoms with Gasteiger partial charge in [0.2, 0.25) is 5.82 Å². The first kappa shape index (κ1) is 13.5. The maximum Gasteiger partial charge on any atom is 0.311 e. The molecule has 2 rings (SSSR count). The fraction of sp³-hybridized carbons (Fsp3) is 0.583. The molecule has 0 atom stereocenters. The van der Waals surface area contributed by atoms with E-state index in [1.807, 2.05) is 11.9 Å². The van der Waals surface area contributed by atoms with Crippen molar-refractivity contribution < 1.29 is 4.92 Å². The van der Waals surface area contributed by atoms with Gasteiger partial charge in [-0.2, -0.15) is 0 Å². The summed E-state index contributed by atoms with van der Waals surface area (Å²) in [6.07, 6.45) is 2.54. The Morgan fingerprint density at radius 3 is 2.74 bits per heavy atom. The number of nitrogen functional groups attached to an aromatic ring is 1. The lowest BCUT2D eigenvalue weighted by Gasteiger charge is -2.22. The third-order valence-electron chi connectivity index (χ3n) is 3.43. The van der Waals surface area contributed by atoms with Crippen LogP contribution in [0.1, 0.15) is 12.8 Å². The smallest absolute Gasteiger partial charge is 0.311 e. The molecule has 1 saturated heterocycles. The van der Waals surface area contributed by atoms with Crippen molar-refractivity contribution in [3.05, 3.63) is 22.2 Å². The Hall–Kier alpha value is -1.89. The topological polar surface area (TPSA) is 88.5 Å². The quantitative estimate of drug-likeness (QED) is 0.633. The van der Waals surface area contributed by atoms with Gasteiger partial charge >= 0.3 is 5.69 Å². The summed E-state index contributed by atoms with van der Waals surface area (Å²) < 4.78 is 0. The maximum absolute atomic E-state index is 10.7. The summed E-state index contributed by atoms with van der Waals surface area (Å²) in [5.41, 5.74) is 5.45. The van der Waals surface area contributed by atoms with E-state index < -0.39 is 4.92 Å². The summed E-state index contributed by atoms with van der Waals surface area (Å²) in [5.74, 6) is 0.637. The van der Waals surface area contributed by atoms with Crippen LogP contribution < -0.4 is 10.6 Å². The van der Waals surface area contributed by atoms with Gasteiger partial charge in [-0.25, -0.2) is 4.98 Å². The van der Waals surface area contributed by atoms with Gasteiger partial charge in [0, 0.05) is 26.2 Å². The van der Waals surface area contributed by atoms with E-state index in [-0.39, 0.29) is 11.5 Å². The third-order valence-corrected chi connectivity index (χ3v) is 3.43. The number of likely N-dealkylation sites (tertiary alicyclic amines) is 1. The van der Waals surface area contributed by atoms with Crippen molar-refractivity contribution in [2.75, 3.05) is 43.9 Å². The fourth-order valence-corrected chi connectivity index (χ4v) is 2.24. The second-order valence-corrected chi connectivity index (χ2v) is 4.80. The molecule has 0 bridgehead atoms. The van der Waals surface area contributed by atoms with Gasteiger partial charge in [0.1, 0.15) is 5.82 Å². The van der Waals surface area contributed by atoms with Crippen molar-refractivity contribution >= 4 is 17.3 Å². The molecule has 19 heavy (non-hydrogen) atoms. The van der Waals surface area contributed by atoms with Crippen molar-refractivity contribution in [2.45, 2.75) is 12.8 Å². The van der Waals surface area contributed by atoms with Crippen LogP contribution >= 0.6 is 0 Å². The molecule has 2 heterocycles. The van der Waals surface area contributed by atoms with Crippen LogP contribution in [0, 0.1) is 10.1 Å². The number of pyridine rings is 1. The molecule has 1 fully saturated rings. The Labute approximate surface area is 112 Å². The molecule has 1 aliphatic heterocycles. The van der Waals surface area contributed by atoms with Crippen molar-refractivity contribution in [2.24, 2.45) is 0 Å². The average Bonchev–Trinajstić information content (AvgIpc) is 2.88. The lowest BCUT2D eigenvalue weighted by molar-refractivity contribution is -0.384. The van der Waals surface area contributed by atoms with Crippen LogP contribution in [0.5, 0.6) is 0 Å². The molecule has 0 saturated carbocycles. The minimum atomic E-state index is -0.518. The predicted molar refractivity (Wildman–Crippen MR) is 74.2 cm³/mol. The minimum Gasteiger partial charge on any atom is -0.378 e. The standard InChI is InChI=1S/C12H19N5O2/c1-15(8-9-16-6-2-3-7-16)11-5-4-10(17(18)19)12(13)14-11/h4-5H,2-3,6-9H2,1H3,(H2,13,14). The van der Waals surface area contributed by atoms with Gasteiger partial charge < -0.3 is 15.5 Å². The van der Waals surface area contributed by atoms with Gasteiger partial charge in [0.25, 0.3) is 0 Å². The zero-order valence-electron chi connectivity index (χ0n) is 11.1. The molecular formula is C12H19N5O2. The normalized spacial score (nSPS) is 15.6. The Morgan fingerprint density at radius 2 is 2.16 bits per heavy atom. The molecule has 1 aromatic heterocycles. The van der Waals surface area contributed by atoms with Crippen LogP contribution in [0.3, 0.4) is 0 Å². The number of likely N-dealkylation sites (N-methyl/N-ethyl adjacent to an activating group) is 1. The van der Waals surface area contributed by atoms with Gasteiger partial charge in [-0.3, -0.25) is 10.1 Å². The number of nitrogens with two attached hydrogens (primary N) is 1. The number of nitrogens with zero attached hydrogens (tertiary/aromatic N) is 4. The van der Waals surface area contributed by atoms with Crippen LogP contribution in [-0.2, 0) is 0 Å². The van der Waals surface area contributed by atoms with Gasteiger partial charge in [-0.15, -0.1) is 0 Å². The highest BCUT2D eigenvalue weighted by Gasteiger charge is 2.16. The fourth-order valence-electron chi connectivity index (χ4n) is 2.24. The molecule has 2 N–H and O–H groups in total. The lowest BCUT2D eigenvalue weighted by Crippen LogP contribution is -2.31. The number of nitro groups is 1. The molecule has 1 aliphatic rings. The summed E-state index contributed by atoms with van der Waals surface area (Å²) in [6.45, 7) is 4.13. The van der Waals surface area contributed by atoms with Crippen LogP contribution in [0.25, 0.3) is 0 Å². The van der Waals surface area contributed by atoms with Crippen LogP contribution in [-0.4, -0.2) is 48.0 Å². The second-order valence-electron chi connectivity index (χ2n) is 4.80. The van der Waals surface area contributed by atoms with E-state index in [0.29, 0.717) is 5.82 Å². The van der Waals surface area contributed by atoms with Crippen LogP contribution in [0.4, 0.5) is 17.3 Å². The molecule has 0 aromatic carbocycles. The SMILES string of the molecule is CN(CCN1CCCC1)c1ccc([N+](=O)[O-])c(N)n1. The summed E-state index contributed by atoms with van der Waals surface area (Å²) in [4.78, 5) is 18.6. The highest BCUT2D eigenvalue weighted by atomic mass is 16.6. The highest BCUT2D eigenvalue weighted by molar-refractivity contribution is 5.57. The number of rotatable bonds is 5. The molecule has 104 valence electrons. The van der Waals surface area contributed by atoms with Gasteiger partial charge in [-0.1, -0.05) is 0 Å². The monoisotopic (exact) mass is 265 g/mol. The van der Waals surface area contributed by atoms with E-state index in [2.05, 4.69) is 9.88 Å². The average molecular weight is 265 g/mol. The summed E-state index contributed by atoms with van der Waals surface area (Å²) in [5, 5.41) is 10.7. The van der Waals surface area contributed by atoms with E-state index in [4.69, 9.17) is 5.73 Å².